The van der Waals surface area contributed by atoms with E-state index in [4.69, 9.17) is 4.42 Å². The Kier molecular flexibility index (Phi) is 6.34. The van der Waals surface area contributed by atoms with Gasteiger partial charge in [0.25, 0.3) is 0 Å². The second-order valence-corrected chi connectivity index (χ2v) is 7.59. The smallest absolute Gasteiger partial charge is 0.234 e. The number of furan rings is 1. The van der Waals surface area contributed by atoms with Crippen LogP contribution < -0.4 is 5.32 Å². The predicted molar refractivity (Wildman–Crippen MR) is 103 cm³/mol. The zero-order valence-electron chi connectivity index (χ0n) is 16.2. The summed E-state index contributed by atoms with van der Waals surface area (Å²) in [4.78, 5) is 31.2. The quantitative estimate of drug-likeness (QED) is 0.755. The standard InChI is InChI=1S/C20H30N4O3/c1-3-9-24-10-8-20(7-6-19(24)26)16-23(12-11-22(20)2)15-18(25)21-14-17-5-4-13-27-17/h3-5,13H,1,6-12,14-16H2,2H3,(H,21,25). The number of amides is 2. The lowest BCUT2D eigenvalue weighted by atomic mass is 9.86. The highest BCUT2D eigenvalue weighted by atomic mass is 16.3. The number of hydrogen-bond acceptors (Lipinski definition) is 5. The van der Waals surface area contributed by atoms with E-state index in [1.165, 1.54) is 0 Å². The topological polar surface area (TPSA) is 69.0 Å². The van der Waals surface area contributed by atoms with Crippen molar-refractivity contribution in [2.75, 3.05) is 46.3 Å². The molecule has 1 atom stereocenters. The molecule has 2 aliphatic rings. The highest BCUT2D eigenvalue weighted by molar-refractivity contribution is 5.78. The summed E-state index contributed by atoms with van der Waals surface area (Å²) in [6, 6.07) is 3.66. The molecule has 148 valence electrons. The maximum absolute atomic E-state index is 12.4. The van der Waals surface area contributed by atoms with E-state index >= 15 is 0 Å². The van der Waals surface area contributed by atoms with Crippen LogP contribution in [0.5, 0.6) is 0 Å². The minimum absolute atomic E-state index is 0.00378. The molecule has 0 aliphatic carbocycles. The van der Waals surface area contributed by atoms with Gasteiger partial charge in [0, 0.05) is 44.7 Å². The molecule has 1 N–H and O–H groups in total. The minimum Gasteiger partial charge on any atom is -0.467 e. The number of nitrogens with zero attached hydrogens (tertiary/aromatic N) is 3. The Morgan fingerprint density at radius 1 is 1.37 bits per heavy atom. The van der Waals surface area contributed by atoms with Gasteiger partial charge in [-0.15, -0.1) is 6.58 Å². The summed E-state index contributed by atoms with van der Waals surface area (Å²) in [6.45, 7) is 8.47. The van der Waals surface area contributed by atoms with Crippen LogP contribution in [0.4, 0.5) is 0 Å². The van der Waals surface area contributed by atoms with E-state index < -0.39 is 0 Å². The number of carbonyl (C=O) groups excluding carboxylic acids is 2. The molecule has 3 rings (SSSR count). The van der Waals surface area contributed by atoms with Gasteiger partial charge in [0.15, 0.2) is 0 Å². The van der Waals surface area contributed by atoms with Crippen LogP contribution in [-0.2, 0) is 16.1 Å². The van der Waals surface area contributed by atoms with E-state index in [2.05, 4.69) is 28.7 Å². The number of likely N-dealkylation sites (N-methyl/N-ethyl adjacent to an activating group) is 1. The SMILES string of the molecule is C=CCN1CCC2(CCC1=O)CN(CC(=O)NCc1ccco1)CCN2C. The third kappa shape index (κ3) is 4.78. The average Bonchev–Trinajstić information content (AvgIpc) is 3.13. The Bertz CT molecular complexity index is 660. The van der Waals surface area contributed by atoms with E-state index in [1.807, 2.05) is 17.0 Å². The molecule has 3 heterocycles. The van der Waals surface area contributed by atoms with Crippen molar-refractivity contribution in [3.8, 4) is 0 Å². The van der Waals surface area contributed by atoms with Crippen molar-refractivity contribution in [1.82, 2.24) is 20.0 Å². The summed E-state index contributed by atoms with van der Waals surface area (Å²) >= 11 is 0. The van der Waals surface area contributed by atoms with Crippen LogP contribution in [0.25, 0.3) is 0 Å². The van der Waals surface area contributed by atoms with E-state index in [0.717, 1.165) is 44.8 Å². The molecule has 1 unspecified atom stereocenters. The molecule has 1 spiro atoms. The van der Waals surface area contributed by atoms with Gasteiger partial charge < -0.3 is 14.6 Å². The molecule has 0 saturated carbocycles. The average molecular weight is 374 g/mol. The molecular formula is C20H30N4O3. The van der Waals surface area contributed by atoms with Gasteiger partial charge in [0.05, 0.1) is 19.4 Å². The zero-order chi connectivity index (χ0) is 19.3. The molecule has 0 radical (unpaired) electrons. The molecule has 2 fully saturated rings. The van der Waals surface area contributed by atoms with Gasteiger partial charge in [-0.1, -0.05) is 6.08 Å². The molecule has 27 heavy (non-hydrogen) atoms. The van der Waals surface area contributed by atoms with Crippen LogP contribution in [0.3, 0.4) is 0 Å². The van der Waals surface area contributed by atoms with Crippen molar-refractivity contribution in [3.63, 3.8) is 0 Å². The Morgan fingerprint density at radius 2 is 2.22 bits per heavy atom. The molecule has 2 amide bonds. The Morgan fingerprint density at radius 3 is 2.96 bits per heavy atom. The number of nitrogens with one attached hydrogen (secondary N) is 1. The maximum atomic E-state index is 12.4. The first-order chi connectivity index (χ1) is 13.0. The first-order valence-electron chi connectivity index (χ1n) is 9.64. The molecule has 1 aromatic rings. The normalized spacial score (nSPS) is 24.8. The maximum Gasteiger partial charge on any atom is 0.234 e. The van der Waals surface area contributed by atoms with Crippen molar-refractivity contribution in [2.45, 2.75) is 31.3 Å². The van der Waals surface area contributed by atoms with E-state index in [-0.39, 0.29) is 17.4 Å². The minimum atomic E-state index is -0.0505. The number of hydrogen-bond donors (Lipinski definition) is 1. The van der Waals surface area contributed by atoms with Crippen LogP contribution in [-0.4, -0.2) is 78.4 Å². The van der Waals surface area contributed by atoms with Gasteiger partial charge in [-0.2, -0.15) is 0 Å². The van der Waals surface area contributed by atoms with Gasteiger partial charge in [-0.05, 0) is 32.0 Å². The summed E-state index contributed by atoms with van der Waals surface area (Å²) in [7, 11) is 2.14. The lowest BCUT2D eigenvalue weighted by Gasteiger charge is -2.49. The summed E-state index contributed by atoms with van der Waals surface area (Å²) in [5.41, 5.74) is -0.0505. The first-order valence-corrected chi connectivity index (χ1v) is 9.64. The van der Waals surface area contributed by atoms with Crippen LogP contribution in [0.2, 0.25) is 0 Å². The van der Waals surface area contributed by atoms with Gasteiger partial charge in [-0.25, -0.2) is 0 Å². The Labute approximate surface area is 161 Å². The second kappa shape index (κ2) is 8.71. The molecule has 7 nitrogen and oxygen atoms in total. The fourth-order valence-corrected chi connectivity index (χ4v) is 4.12. The van der Waals surface area contributed by atoms with Gasteiger partial charge >= 0.3 is 0 Å². The van der Waals surface area contributed by atoms with Crippen molar-refractivity contribution < 1.29 is 14.0 Å². The van der Waals surface area contributed by atoms with E-state index in [0.29, 0.717) is 26.1 Å². The molecule has 0 aromatic carbocycles. The van der Waals surface area contributed by atoms with Crippen molar-refractivity contribution >= 4 is 11.8 Å². The summed E-state index contributed by atoms with van der Waals surface area (Å²) in [5, 5.41) is 2.92. The third-order valence-electron chi connectivity index (χ3n) is 5.84. The molecule has 7 heteroatoms. The number of likely N-dealkylation sites (tertiary alicyclic amines) is 1. The van der Waals surface area contributed by atoms with Gasteiger partial charge in [-0.3, -0.25) is 19.4 Å². The molecular weight excluding hydrogens is 344 g/mol. The van der Waals surface area contributed by atoms with Crippen LogP contribution >= 0.6 is 0 Å². The summed E-state index contributed by atoms with van der Waals surface area (Å²) < 4.78 is 5.25. The zero-order valence-corrected chi connectivity index (χ0v) is 16.2. The van der Waals surface area contributed by atoms with Gasteiger partial charge in [0.2, 0.25) is 11.8 Å². The van der Waals surface area contributed by atoms with Crippen LogP contribution in [0.15, 0.2) is 35.5 Å². The fraction of sp³-hybridized carbons (Fsp3) is 0.600. The fourth-order valence-electron chi connectivity index (χ4n) is 4.12. The third-order valence-corrected chi connectivity index (χ3v) is 5.84. The Hall–Kier alpha value is -2.12. The molecule has 1 aromatic heterocycles. The second-order valence-electron chi connectivity index (χ2n) is 7.59. The number of rotatable bonds is 6. The molecule has 2 aliphatic heterocycles. The van der Waals surface area contributed by atoms with Crippen molar-refractivity contribution in [3.05, 3.63) is 36.8 Å². The highest BCUT2D eigenvalue weighted by Crippen LogP contribution is 2.32. The first kappa shape index (κ1) is 19.6. The highest BCUT2D eigenvalue weighted by Gasteiger charge is 2.42. The van der Waals surface area contributed by atoms with E-state index in [9.17, 15) is 9.59 Å². The van der Waals surface area contributed by atoms with E-state index in [1.54, 1.807) is 12.3 Å². The molecule has 0 bridgehead atoms. The van der Waals surface area contributed by atoms with Crippen molar-refractivity contribution in [1.29, 1.82) is 0 Å². The lowest BCUT2D eigenvalue weighted by molar-refractivity contribution is -0.130. The summed E-state index contributed by atoms with van der Waals surface area (Å²) in [6.07, 6.45) is 5.70. The van der Waals surface area contributed by atoms with Gasteiger partial charge in [0.1, 0.15) is 5.76 Å². The largest absolute Gasteiger partial charge is 0.467 e. The summed E-state index contributed by atoms with van der Waals surface area (Å²) in [5.74, 6) is 0.959. The van der Waals surface area contributed by atoms with Crippen LogP contribution in [0, 0.1) is 0 Å². The predicted octanol–water partition coefficient (Wildman–Crippen LogP) is 1.08. The monoisotopic (exact) mass is 374 g/mol. The van der Waals surface area contributed by atoms with Crippen molar-refractivity contribution in [2.24, 2.45) is 0 Å². The Balaban J connectivity index is 1.57. The lowest BCUT2D eigenvalue weighted by Crippen LogP contribution is -2.62. The molecule has 2 saturated heterocycles. The number of piperazine rings is 1. The van der Waals surface area contributed by atoms with Crippen LogP contribution in [0.1, 0.15) is 25.0 Å². The number of carbonyl (C=O) groups is 2.